The number of alkyl halides is 1. The highest BCUT2D eigenvalue weighted by Crippen LogP contribution is 2.31. The van der Waals surface area contributed by atoms with Gasteiger partial charge in [0.15, 0.2) is 0 Å². The SMILES string of the molecule is CCNc1nc(Cl)nc(NC(C)C)n1.CCOCN(C(=O)CCl)c1c(C)cccc1CC.O=C(O)CNCP(=O)(O)O. The second-order valence-electron chi connectivity index (χ2n) is 8.74. The average Bonchev–Trinajstić information content (AvgIpc) is 2.88. The molecule has 0 saturated heterocycles. The number of ether oxygens (including phenoxy) is 1. The summed E-state index contributed by atoms with van der Waals surface area (Å²) >= 11 is 11.4. The zero-order chi connectivity index (χ0) is 32.3. The molecular weight excluding hydrogens is 612 g/mol. The summed E-state index contributed by atoms with van der Waals surface area (Å²) in [5.74, 6) is -0.320. The van der Waals surface area contributed by atoms with E-state index in [1.807, 2.05) is 52.8 Å². The second-order valence-corrected chi connectivity index (χ2v) is 11.0. The van der Waals surface area contributed by atoms with Crippen LogP contribution in [0.2, 0.25) is 5.28 Å². The van der Waals surface area contributed by atoms with Crippen LogP contribution < -0.4 is 20.9 Å². The molecule has 0 atom stereocenters. The number of para-hydroxylation sites is 1. The Balaban J connectivity index is 0.000000628. The number of aliphatic carboxylic acids is 1. The third-order valence-corrected chi connectivity index (χ3v) is 5.80. The van der Waals surface area contributed by atoms with E-state index >= 15 is 0 Å². The fourth-order valence-corrected chi connectivity index (χ4v) is 3.83. The number of anilines is 3. The Kier molecular flexibility index (Phi) is 19.9. The van der Waals surface area contributed by atoms with Crippen molar-refractivity contribution in [3.63, 3.8) is 0 Å². The summed E-state index contributed by atoms with van der Waals surface area (Å²) in [4.78, 5) is 51.7. The van der Waals surface area contributed by atoms with E-state index in [0.29, 0.717) is 18.5 Å². The first-order valence-electron chi connectivity index (χ1n) is 13.1. The number of aromatic nitrogens is 3. The number of carbonyl (C=O) groups excluding carboxylic acids is 1. The van der Waals surface area contributed by atoms with Crippen molar-refractivity contribution in [3.05, 3.63) is 34.6 Å². The molecule has 1 heterocycles. The summed E-state index contributed by atoms with van der Waals surface area (Å²) in [5.41, 5.74) is 3.12. The Morgan fingerprint density at radius 3 is 2.26 bits per heavy atom. The lowest BCUT2D eigenvalue weighted by molar-refractivity contribution is -0.135. The number of halogens is 2. The number of aryl methyl sites for hydroxylation is 2. The van der Waals surface area contributed by atoms with Crippen LogP contribution in [0.25, 0.3) is 0 Å². The highest BCUT2D eigenvalue weighted by Gasteiger charge is 2.19. The van der Waals surface area contributed by atoms with E-state index in [0.717, 1.165) is 29.8 Å². The lowest BCUT2D eigenvalue weighted by atomic mass is 10.0. The van der Waals surface area contributed by atoms with Crippen LogP contribution in [0.3, 0.4) is 0 Å². The Morgan fingerprint density at radius 2 is 1.76 bits per heavy atom. The van der Waals surface area contributed by atoms with E-state index in [1.165, 1.54) is 0 Å². The van der Waals surface area contributed by atoms with Crippen LogP contribution in [-0.4, -0.2) is 86.4 Å². The van der Waals surface area contributed by atoms with Gasteiger partial charge in [0.1, 0.15) is 12.6 Å². The minimum absolute atomic E-state index is 0.0371. The molecule has 0 radical (unpaired) electrons. The van der Waals surface area contributed by atoms with Gasteiger partial charge in [-0.3, -0.25) is 24.4 Å². The number of hydrogen-bond acceptors (Lipinski definition) is 10. The summed E-state index contributed by atoms with van der Waals surface area (Å²) in [7, 11) is -4.10. The molecular formula is C25H42Cl2N7O7P. The minimum atomic E-state index is -4.10. The first-order valence-corrected chi connectivity index (χ1v) is 15.8. The molecule has 1 amide bonds. The average molecular weight is 655 g/mol. The Bertz CT molecular complexity index is 1160. The van der Waals surface area contributed by atoms with E-state index in [4.69, 9.17) is 42.8 Å². The van der Waals surface area contributed by atoms with Crippen molar-refractivity contribution in [3.8, 4) is 0 Å². The first kappa shape index (κ1) is 39.4. The van der Waals surface area contributed by atoms with Crippen molar-refractivity contribution < 1.29 is 33.8 Å². The molecule has 1 aromatic heterocycles. The molecule has 0 fully saturated rings. The van der Waals surface area contributed by atoms with Gasteiger partial charge in [-0.2, -0.15) is 15.0 Å². The van der Waals surface area contributed by atoms with E-state index in [9.17, 15) is 14.2 Å². The molecule has 2 rings (SSSR count). The summed E-state index contributed by atoms with van der Waals surface area (Å²) in [6.45, 7) is 13.1. The van der Waals surface area contributed by atoms with Crippen molar-refractivity contribution in [2.45, 2.75) is 54.0 Å². The predicted molar refractivity (Wildman–Crippen MR) is 166 cm³/mol. The topological polar surface area (TPSA) is 199 Å². The maximum Gasteiger partial charge on any atom is 0.339 e. The molecule has 0 spiro atoms. The quantitative estimate of drug-likeness (QED) is 0.0980. The van der Waals surface area contributed by atoms with E-state index < -0.39 is 26.4 Å². The van der Waals surface area contributed by atoms with Crippen LogP contribution in [0.1, 0.15) is 45.7 Å². The number of rotatable bonds is 14. The molecule has 6 N–H and O–H groups in total. The Hall–Kier alpha value is -2.58. The smallest absolute Gasteiger partial charge is 0.339 e. The van der Waals surface area contributed by atoms with Gasteiger partial charge in [0, 0.05) is 19.2 Å². The van der Waals surface area contributed by atoms with Crippen LogP contribution in [0, 0.1) is 6.92 Å². The Labute approximate surface area is 256 Å². The molecule has 42 heavy (non-hydrogen) atoms. The molecule has 0 aliphatic carbocycles. The maximum absolute atomic E-state index is 12.0. The normalized spacial score (nSPS) is 10.6. The lowest BCUT2D eigenvalue weighted by Crippen LogP contribution is -2.35. The van der Waals surface area contributed by atoms with Gasteiger partial charge in [-0.05, 0) is 63.8 Å². The molecule has 1 aromatic carbocycles. The third kappa shape index (κ3) is 17.4. The van der Waals surface area contributed by atoms with Crippen LogP contribution in [-0.2, 0) is 25.3 Å². The minimum Gasteiger partial charge on any atom is -0.480 e. The summed E-state index contributed by atoms with van der Waals surface area (Å²) < 4.78 is 15.4. The van der Waals surface area contributed by atoms with Gasteiger partial charge in [0.2, 0.25) is 23.1 Å². The molecule has 2 aromatic rings. The predicted octanol–water partition coefficient (Wildman–Crippen LogP) is 3.70. The van der Waals surface area contributed by atoms with E-state index in [1.54, 1.807) is 4.90 Å². The molecule has 0 unspecified atom stereocenters. The third-order valence-electron chi connectivity index (χ3n) is 4.77. The zero-order valence-corrected chi connectivity index (χ0v) is 27.1. The second kappa shape index (κ2) is 21.2. The maximum atomic E-state index is 12.0. The van der Waals surface area contributed by atoms with Crippen LogP contribution >= 0.6 is 30.8 Å². The van der Waals surface area contributed by atoms with Crippen molar-refractivity contribution in [1.82, 2.24) is 20.3 Å². The monoisotopic (exact) mass is 653 g/mol. The summed E-state index contributed by atoms with van der Waals surface area (Å²) in [5, 5.41) is 16.3. The van der Waals surface area contributed by atoms with Gasteiger partial charge < -0.3 is 30.3 Å². The van der Waals surface area contributed by atoms with Crippen molar-refractivity contribution in [1.29, 1.82) is 0 Å². The number of amides is 1. The molecule has 0 saturated carbocycles. The summed E-state index contributed by atoms with van der Waals surface area (Å²) in [6, 6.07) is 6.29. The summed E-state index contributed by atoms with van der Waals surface area (Å²) in [6.07, 6.45) is 0.272. The fraction of sp³-hybridized carbons (Fsp3) is 0.560. The lowest BCUT2D eigenvalue weighted by Gasteiger charge is -2.25. The number of carbonyl (C=O) groups is 2. The molecule has 17 heteroatoms. The fourth-order valence-electron chi connectivity index (χ4n) is 3.13. The van der Waals surface area contributed by atoms with Gasteiger partial charge >= 0.3 is 13.6 Å². The van der Waals surface area contributed by atoms with Crippen LogP contribution in [0.4, 0.5) is 17.6 Å². The molecule has 0 bridgehead atoms. The molecule has 238 valence electrons. The number of nitrogens with one attached hydrogen (secondary N) is 3. The van der Waals surface area contributed by atoms with E-state index in [2.05, 4.69) is 37.8 Å². The van der Waals surface area contributed by atoms with Crippen LogP contribution in [0.15, 0.2) is 18.2 Å². The number of benzene rings is 1. The van der Waals surface area contributed by atoms with Gasteiger partial charge in [-0.25, -0.2) is 0 Å². The first-order chi connectivity index (χ1) is 19.7. The van der Waals surface area contributed by atoms with E-state index in [-0.39, 0.29) is 29.8 Å². The standard InChI is InChI=1S/C14H20ClNO2.C8H14ClN5.C3H8NO5P/c1-4-12-8-6-7-11(3)14(12)16(10-18-5-2)13(17)9-15;1-4-10-7-12-6(9)13-8(14-7)11-5(2)3;5-3(6)1-4-2-10(7,8)9/h6-8H,4-5,9-10H2,1-3H3;5H,4H2,1-3H3,(H2,10,11,12,13,14);4H,1-2H2,(H,5,6)(H2,7,8,9). The van der Waals surface area contributed by atoms with Crippen LogP contribution in [0.5, 0.6) is 0 Å². The Morgan fingerprint density at radius 1 is 1.12 bits per heavy atom. The molecule has 14 nitrogen and oxygen atoms in total. The van der Waals surface area contributed by atoms with Gasteiger partial charge in [-0.1, -0.05) is 25.1 Å². The van der Waals surface area contributed by atoms with Gasteiger partial charge in [0.25, 0.3) is 0 Å². The highest BCUT2D eigenvalue weighted by atomic mass is 35.5. The van der Waals surface area contributed by atoms with Gasteiger partial charge in [0.05, 0.1) is 18.5 Å². The number of carboxylic acids is 1. The van der Waals surface area contributed by atoms with Gasteiger partial charge in [-0.15, -0.1) is 11.6 Å². The molecule has 0 aliphatic heterocycles. The molecule has 0 aliphatic rings. The van der Waals surface area contributed by atoms with Crippen molar-refractivity contribution in [2.75, 3.05) is 54.1 Å². The number of carboxylic acid groups (broad SMARTS) is 1. The number of hydrogen-bond donors (Lipinski definition) is 6. The highest BCUT2D eigenvalue weighted by molar-refractivity contribution is 7.51. The number of nitrogens with zero attached hydrogens (tertiary/aromatic N) is 4. The van der Waals surface area contributed by atoms with Crippen molar-refractivity contribution >= 4 is 60.3 Å². The van der Waals surface area contributed by atoms with Crippen molar-refractivity contribution in [2.24, 2.45) is 0 Å². The zero-order valence-electron chi connectivity index (χ0n) is 24.7. The largest absolute Gasteiger partial charge is 0.480 e.